The lowest BCUT2D eigenvalue weighted by molar-refractivity contribution is -0.138. The Kier molecular flexibility index (Phi) is 11.6. The lowest BCUT2D eigenvalue weighted by Crippen LogP contribution is -2.59. The number of benzene rings is 2. The minimum atomic E-state index is -0.841. The van der Waals surface area contributed by atoms with Crippen molar-refractivity contribution in [3.63, 3.8) is 0 Å². The average Bonchev–Trinajstić information content (AvgIpc) is 3.58. The fourth-order valence-electron chi connectivity index (χ4n) is 8.23. The average molecular weight is 701 g/mol. The molecule has 1 unspecified atom stereocenters. The molecule has 3 aromatic rings. The van der Waals surface area contributed by atoms with E-state index in [1.54, 1.807) is 33.7 Å². The number of carbonyl (C=O) groups excluding carboxylic acids is 1. The third kappa shape index (κ3) is 8.40. The van der Waals surface area contributed by atoms with Crippen molar-refractivity contribution in [1.29, 1.82) is 0 Å². The summed E-state index contributed by atoms with van der Waals surface area (Å²) in [5.41, 5.74) is 3.13. The van der Waals surface area contributed by atoms with Gasteiger partial charge in [-0.3, -0.25) is 19.6 Å². The van der Waals surface area contributed by atoms with Crippen LogP contribution in [0.25, 0.3) is 0 Å². The van der Waals surface area contributed by atoms with Gasteiger partial charge < -0.3 is 34.4 Å². The van der Waals surface area contributed by atoms with Crippen LogP contribution in [0.5, 0.6) is 17.2 Å². The lowest BCUT2D eigenvalue weighted by atomic mass is 9.76. The maximum absolute atomic E-state index is 13.6. The van der Waals surface area contributed by atoms with Crippen LogP contribution in [0.2, 0.25) is 0 Å². The summed E-state index contributed by atoms with van der Waals surface area (Å²) in [6.07, 6.45) is 7.31. The number of aromatic nitrogens is 1. The Labute approximate surface area is 301 Å². The predicted molar refractivity (Wildman–Crippen MR) is 194 cm³/mol. The number of carboxylic acids is 1. The SMILES string of the molecule is COc1cc(CN2CCC(CCN3CCC(NC(=O)N4CCN(CC(=O)O)CC4)(c4ccncc4)CC3)(c3ccccc3)C2)cc(OC)c1OC. The van der Waals surface area contributed by atoms with E-state index in [0.29, 0.717) is 43.4 Å². The number of nitrogens with zero attached hydrogens (tertiary/aromatic N) is 5. The molecule has 274 valence electrons. The standard InChI is InChI=1S/C39H52N6O6/c1-49-33-25-30(26-34(50-2)36(33)51-3)27-44-18-12-38(29-44,31-7-5-4-6-8-31)11-17-42-19-13-39(14-20-42,32-9-15-40-16-10-32)41-37(48)45-23-21-43(22-24-45)28-35(46)47/h4-10,15-16,25-26H,11-14,17-24,27-29H2,1-3H3,(H,41,48)(H,46,47). The first-order chi connectivity index (χ1) is 24.8. The van der Waals surface area contributed by atoms with E-state index in [2.05, 4.69) is 50.4 Å². The number of ether oxygens (including phenoxy) is 3. The van der Waals surface area contributed by atoms with Gasteiger partial charge in [-0.05, 0) is 79.7 Å². The van der Waals surface area contributed by atoms with E-state index >= 15 is 0 Å². The topological polar surface area (TPSA) is 120 Å². The molecule has 0 bridgehead atoms. The maximum atomic E-state index is 13.6. The van der Waals surface area contributed by atoms with E-state index < -0.39 is 11.5 Å². The molecule has 6 rings (SSSR count). The van der Waals surface area contributed by atoms with E-state index in [4.69, 9.17) is 19.3 Å². The molecule has 0 saturated carbocycles. The van der Waals surface area contributed by atoms with Crippen molar-refractivity contribution >= 4 is 12.0 Å². The third-order valence-electron chi connectivity index (χ3n) is 11.2. The Hall–Kier alpha value is -4.39. The number of pyridine rings is 1. The van der Waals surface area contributed by atoms with Crippen LogP contribution in [0, 0.1) is 0 Å². The van der Waals surface area contributed by atoms with Gasteiger partial charge in [0.25, 0.3) is 0 Å². The smallest absolute Gasteiger partial charge is 0.318 e. The van der Waals surface area contributed by atoms with Gasteiger partial charge in [0, 0.05) is 70.2 Å². The highest BCUT2D eigenvalue weighted by atomic mass is 16.5. The monoisotopic (exact) mass is 700 g/mol. The molecule has 12 nitrogen and oxygen atoms in total. The van der Waals surface area contributed by atoms with Gasteiger partial charge in [-0.1, -0.05) is 30.3 Å². The molecule has 0 spiro atoms. The molecule has 3 aliphatic rings. The van der Waals surface area contributed by atoms with Crippen molar-refractivity contribution in [1.82, 2.24) is 29.9 Å². The third-order valence-corrected chi connectivity index (χ3v) is 11.2. The molecule has 2 amide bonds. The number of piperidine rings is 1. The van der Waals surface area contributed by atoms with Gasteiger partial charge in [0.1, 0.15) is 0 Å². The van der Waals surface area contributed by atoms with Crippen LogP contribution in [0.3, 0.4) is 0 Å². The molecule has 12 heteroatoms. The fraction of sp³-hybridized carbons (Fsp3) is 0.513. The number of urea groups is 1. The van der Waals surface area contributed by atoms with Crippen molar-refractivity contribution in [3.05, 3.63) is 83.7 Å². The molecule has 4 heterocycles. The first-order valence-electron chi connectivity index (χ1n) is 18.0. The normalized spacial score (nSPS) is 21.3. The van der Waals surface area contributed by atoms with Crippen molar-refractivity contribution in [2.24, 2.45) is 0 Å². The summed E-state index contributed by atoms with van der Waals surface area (Å²) in [5.74, 6) is 1.10. The molecular weight excluding hydrogens is 648 g/mol. The lowest BCUT2D eigenvalue weighted by Gasteiger charge is -2.45. The predicted octanol–water partition coefficient (Wildman–Crippen LogP) is 4.04. The van der Waals surface area contributed by atoms with Gasteiger partial charge in [0.15, 0.2) is 11.5 Å². The summed E-state index contributed by atoms with van der Waals surface area (Å²) < 4.78 is 16.8. The fourth-order valence-corrected chi connectivity index (χ4v) is 8.23. The zero-order valence-corrected chi connectivity index (χ0v) is 30.2. The molecule has 3 fully saturated rings. The van der Waals surface area contributed by atoms with E-state index in [-0.39, 0.29) is 18.0 Å². The molecule has 1 aromatic heterocycles. The number of methoxy groups -OCH3 is 3. The maximum Gasteiger partial charge on any atom is 0.318 e. The zero-order chi connectivity index (χ0) is 35.8. The Balaban J connectivity index is 1.11. The zero-order valence-electron chi connectivity index (χ0n) is 30.2. The van der Waals surface area contributed by atoms with Crippen LogP contribution in [0.15, 0.2) is 67.0 Å². The van der Waals surface area contributed by atoms with E-state index in [1.807, 2.05) is 34.1 Å². The highest BCUT2D eigenvalue weighted by Crippen LogP contribution is 2.42. The highest BCUT2D eigenvalue weighted by molar-refractivity contribution is 5.75. The van der Waals surface area contributed by atoms with Crippen LogP contribution >= 0.6 is 0 Å². The molecule has 0 aliphatic carbocycles. The summed E-state index contributed by atoms with van der Waals surface area (Å²) in [5, 5.41) is 12.6. The van der Waals surface area contributed by atoms with E-state index in [1.165, 1.54) is 5.56 Å². The minimum Gasteiger partial charge on any atom is -0.493 e. The van der Waals surface area contributed by atoms with Gasteiger partial charge in [-0.25, -0.2) is 4.79 Å². The summed E-state index contributed by atoms with van der Waals surface area (Å²) in [7, 11) is 4.93. The first kappa shape index (κ1) is 36.4. The summed E-state index contributed by atoms with van der Waals surface area (Å²) in [6.45, 7) is 7.58. The Morgan fingerprint density at radius 2 is 1.43 bits per heavy atom. The molecule has 0 radical (unpaired) electrons. The second-order valence-corrected chi connectivity index (χ2v) is 14.1. The van der Waals surface area contributed by atoms with Gasteiger partial charge in [-0.15, -0.1) is 0 Å². The second-order valence-electron chi connectivity index (χ2n) is 14.1. The Morgan fingerprint density at radius 1 is 0.784 bits per heavy atom. The van der Waals surface area contributed by atoms with Crippen molar-refractivity contribution in [3.8, 4) is 17.2 Å². The molecule has 2 aromatic carbocycles. The number of amides is 2. The summed E-state index contributed by atoms with van der Waals surface area (Å²) >= 11 is 0. The van der Waals surface area contributed by atoms with Crippen LogP contribution in [-0.2, 0) is 22.3 Å². The van der Waals surface area contributed by atoms with Gasteiger partial charge in [0.05, 0.1) is 33.4 Å². The molecule has 2 N–H and O–H groups in total. The molecule has 3 saturated heterocycles. The molecule has 51 heavy (non-hydrogen) atoms. The number of likely N-dealkylation sites (tertiary alicyclic amines) is 2. The molecule has 1 atom stereocenters. The van der Waals surface area contributed by atoms with Crippen molar-refractivity contribution in [2.75, 3.05) is 86.8 Å². The Morgan fingerprint density at radius 3 is 2.04 bits per heavy atom. The molecular formula is C39H52N6O6. The van der Waals surface area contributed by atoms with Crippen LogP contribution in [0.4, 0.5) is 4.79 Å². The number of nitrogens with one attached hydrogen (secondary N) is 1. The van der Waals surface area contributed by atoms with Crippen molar-refractivity contribution in [2.45, 2.75) is 43.2 Å². The van der Waals surface area contributed by atoms with Gasteiger partial charge in [-0.2, -0.15) is 0 Å². The number of rotatable bonds is 13. The van der Waals surface area contributed by atoms with Gasteiger partial charge >= 0.3 is 12.0 Å². The number of piperazine rings is 1. The number of aliphatic carboxylic acids is 1. The number of hydrogen-bond donors (Lipinski definition) is 2. The summed E-state index contributed by atoms with van der Waals surface area (Å²) in [6, 6.07) is 19.0. The van der Waals surface area contributed by atoms with E-state index in [0.717, 1.165) is 76.1 Å². The van der Waals surface area contributed by atoms with Crippen LogP contribution in [-0.4, -0.2) is 128 Å². The minimum absolute atomic E-state index is 0.00294. The number of carboxylic acid groups (broad SMARTS) is 1. The highest BCUT2D eigenvalue weighted by Gasteiger charge is 2.42. The van der Waals surface area contributed by atoms with Crippen LogP contribution in [0.1, 0.15) is 42.4 Å². The largest absolute Gasteiger partial charge is 0.493 e. The number of hydrogen-bond acceptors (Lipinski definition) is 9. The quantitative estimate of drug-likeness (QED) is 0.271. The molecule has 3 aliphatic heterocycles. The van der Waals surface area contributed by atoms with E-state index in [9.17, 15) is 9.59 Å². The first-order valence-corrected chi connectivity index (χ1v) is 18.0. The number of carbonyl (C=O) groups is 2. The summed E-state index contributed by atoms with van der Waals surface area (Å²) in [4.78, 5) is 37.8. The van der Waals surface area contributed by atoms with Gasteiger partial charge in [0.2, 0.25) is 5.75 Å². The van der Waals surface area contributed by atoms with Crippen molar-refractivity contribution < 1.29 is 28.9 Å². The second kappa shape index (κ2) is 16.3. The Bertz CT molecular complexity index is 1590. The van der Waals surface area contributed by atoms with Crippen LogP contribution < -0.4 is 19.5 Å².